The Kier molecular flexibility index (Phi) is 4.40. The van der Waals surface area contributed by atoms with E-state index in [1.54, 1.807) is 0 Å². The molecule has 0 aliphatic carbocycles. The highest BCUT2D eigenvalue weighted by Gasteiger charge is 2.24. The molecule has 0 radical (unpaired) electrons. The standard InChI is InChI=1S/C23H29NO2/c1-22(2,3)18-12-15(13-19(21(18)25)23(4,5)6)11-16-14-24(26)20-10-8-7-9-17(16)20/h7-13,25-26H,14H2,1-6H3/p-1. The summed E-state index contributed by atoms with van der Waals surface area (Å²) in [6.07, 6.45) is 2.10. The molecule has 26 heavy (non-hydrogen) atoms. The summed E-state index contributed by atoms with van der Waals surface area (Å²) in [6.45, 7) is 12.9. The molecule has 0 saturated carbocycles. The molecule has 3 heteroatoms. The molecule has 3 rings (SSSR count). The Morgan fingerprint density at radius 3 is 2.04 bits per heavy atom. The molecule has 1 N–H and O–H groups in total. The van der Waals surface area contributed by atoms with Gasteiger partial charge in [0.15, 0.2) is 0 Å². The van der Waals surface area contributed by atoms with Crippen molar-refractivity contribution in [2.45, 2.75) is 52.4 Å². The van der Waals surface area contributed by atoms with E-state index in [4.69, 9.17) is 0 Å². The molecule has 138 valence electrons. The summed E-state index contributed by atoms with van der Waals surface area (Å²) in [7, 11) is 0. The summed E-state index contributed by atoms with van der Waals surface area (Å²) in [4.78, 5) is 0. The fourth-order valence-corrected chi connectivity index (χ4v) is 3.48. The average Bonchev–Trinajstić information content (AvgIpc) is 2.83. The summed E-state index contributed by atoms with van der Waals surface area (Å²) < 4.78 is 0. The molecule has 0 atom stereocenters. The molecule has 0 aromatic heterocycles. The molecule has 0 amide bonds. The zero-order valence-electron chi connectivity index (χ0n) is 16.6. The summed E-state index contributed by atoms with van der Waals surface area (Å²) in [5.41, 5.74) is 5.17. The zero-order valence-corrected chi connectivity index (χ0v) is 16.6. The molecule has 0 saturated heterocycles. The third-order valence-electron chi connectivity index (χ3n) is 4.92. The van der Waals surface area contributed by atoms with Crippen LogP contribution in [0.4, 0.5) is 5.69 Å². The van der Waals surface area contributed by atoms with Crippen molar-refractivity contribution in [3.05, 3.63) is 58.7 Å². The van der Waals surface area contributed by atoms with Crippen molar-refractivity contribution in [2.75, 3.05) is 11.6 Å². The number of rotatable bonds is 1. The maximum atomic E-state index is 13.0. The number of hydroxylamine groups is 1. The second-order valence-electron chi connectivity index (χ2n) is 9.19. The third-order valence-corrected chi connectivity index (χ3v) is 4.92. The first kappa shape index (κ1) is 18.5. The topological polar surface area (TPSA) is 46.5 Å². The quantitative estimate of drug-likeness (QED) is 0.778. The minimum Gasteiger partial charge on any atom is -0.872 e. The third kappa shape index (κ3) is 3.36. The Bertz CT molecular complexity index is 832. The summed E-state index contributed by atoms with van der Waals surface area (Å²) in [6, 6.07) is 11.9. The van der Waals surface area contributed by atoms with Gasteiger partial charge >= 0.3 is 0 Å². The molecule has 0 spiro atoms. The Hall–Kier alpha value is -2.26. The van der Waals surface area contributed by atoms with Gasteiger partial charge in [0.25, 0.3) is 0 Å². The highest BCUT2D eigenvalue weighted by molar-refractivity contribution is 5.93. The van der Waals surface area contributed by atoms with Crippen LogP contribution in [0.5, 0.6) is 5.75 Å². The van der Waals surface area contributed by atoms with Crippen LogP contribution in [0.15, 0.2) is 36.4 Å². The van der Waals surface area contributed by atoms with E-state index in [1.807, 2.05) is 36.4 Å². The first-order chi connectivity index (χ1) is 12.0. The van der Waals surface area contributed by atoms with Gasteiger partial charge in [-0.2, -0.15) is 0 Å². The normalized spacial score (nSPS) is 16.3. The summed E-state index contributed by atoms with van der Waals surface area (Å²) >= 11 is 0. The zero-order chi connectivity index (χ0) is 19.3. The van der Waals surface area contributed by atoms with Crippen LogP contribution in [-0.2, 0) is 10.8 Å². The number of hydrogen-bond donors (Lipinski definition) is 1. The summed E-state index contributed by atoms with van der Waals surface area (Å²) in [5, 5.41) is 24.5. The molecule has 3 nitrogen and oxygen atoms in total. The first-order valence-corrected chi connectivity index (χ1v) is 9.11. The van der Waals surface area contributed by atoms with Crippen LogP contribution in [0.3, 0.4) is 0 Å². The van der Waals surface area contributed by atoms with Gasteiger partial charge in [-0.05, 0) is 45.2 Å². The molecule has 2 aromatic rings. The van der Waals surface area contributed by atoms with E-state index in [-0.39, 0.29) is 16.6 Å². The highest BCUT2D eigenvalue weighted by atomic mass is 16.5. The van der Waals surface area contributed by atoms with Crippen LogP contribution < -0.4 is 10.2 Å². The lowest BCUT2D eigenvalue weighted by atomic mass is 9.78. The Balaban J connectivity index is 2.18. The van der Waals surface area contributed by atoms with Crippen LogP contribution in [0.25, 0.3) is 11.6 Å². The van der Waals surface area contributed by atoms with Gasteiger partial charge in [0.1, 0.15) is 0 Å². The first-order valence-electron chi connectivity index (χ1n) is 9.11. The lowest BCUT2D eigenvalue weighted by Gasteiger charge is -2.33. The molecule has 2 aromatic carbocycles. The van der Waals surface area contributed by atoms with Crippen LogP contribution in [0, 0.1) is 0 Å². The van der Waals surface area contributed by atoms with Gasteiger partial charge in [-0.25, -0.2) is 0 Å². The van der Waals surface area contributed by atoms with Gasteiger partial charge in [0.2, 0.25) is 0 Å². The number of para-hydroxylation sites is 1. The predicted molar refractivity (Wildman–Crippen MR) is 107 cm³/mol. The van der Waals surface area contributed by atoms with Gasteiger partial charge in [-0.15, -0.1) is 5.75 Å². The number of anilines is 1. The van der Waals surface area contributed by atoms with Crippen molar-refractivity contribution in [3.8, 4) is 5.75 Å². The molecule has 0 bridgehead atoms. The second kappa shape index (κ2) is 6.17. The van der Waals surface area contributed by atoms with Crippen LogP contribution in [0.2, 0.25) is 0 Å². The molecule has 0 fully saturated rings. The van der Waals surface area contributed by atoms with Crippen molar-refractivity contribution < 1.29 is 10.3 Å². The second-order valence-corrected chi connectivity index (χ2v) is 9.19. The lowest BCUT2D eigenvalue weighted by Crippen LogP contribution is -2.21. The van der Waals surface area contributed by atoms with Crippen molar-refractivity contribution in [1.29, 1.82) is 0 Å². The SMILES string of the molecule is CC(C)(C)c1cc(C=C2CN(O)c3ccccc32)cc(C(C)(C)C)c1[O-]. The van der Waals surface area contributed by atoms with E-state index < -0.39 is 0 Å². The van der Waals surface area contributed by atoms with Gasteiger partial charge in [0, 0.05) is 5.56 Å². The van der Waals surface area contributed by atoms with Gasteiger partial charge < -0.3 is 5.11 Å². The maximum absolute atomic E-state index is 13.0. The van der Waals surface area contributed by atoms with Gasteiger partial charge in [-0.1, -0.05) is 71.9 Å². The average molecular weight is 350 g/mol. The molecular formula is C23H28NO2-. The maximum Gasteiger partial charge on any atom is 0.0713 e. The van der Waals surface area contributed by atoms with Crippen LogP contribution in [-0.4, -0.2) is 11.8 Å². The van der Waals surface area contributed by atoms with E-state index in [0.717, 1.165) is 33.5 Å². The largest absolute Gasteiger partial charge is 0.872 e. The van der Waals surface area contributed by atoms with Crippen LogP contribution in [0.1, 0.15) is 63.8 Å². The number of fused-ring (bicyclic) bond motifs is 1. The Morgan fingerprint density at radius 1 is 0.962 bits per heavy atom. The van der Waals surface area contributed by atoms with E-state index in [0.29, 0.717) is 6.54 Å². The highest BCUT2D eigenvalue weighted by Crippen LogP contribution is 2.40. The van der Waals surface area contributed by atoms with E-state index in [9.17, 15) is 10.3 Å². The van der Waals surface area contributed by atoms with Gasteiger partial charge in [-0.3, -0.25) is 10.3 Å². The lowest BCUT2D eigenvalue weighted by molar-refractivity contribution is -0.271. The van der Waals surface area contributed by atoms with Crippen molar-refractivity contribution >= 4 is 17.3 Å². The number of hydrogen-bond acceptors (Lipinski definition) is 3. The van der Waals surface area contributed by atoms with Gasteiger partial charge in [0.05, 0.1) is 12.2 Å². The minimum atomic E-state index is -0.220. The Labute approximate surface area is 156 Å². The number of benzene rings is 2. The van der Waals surface area contributed by atoms with Crippen LogP contribution >= 0.6 is 0 Å². The smallest absolute Gasteiger partial charge is 0.0713 e. The monoisotopic (exact) mass is 350 g/mol. The van der Waals surface area contributed by atoms with E-state index >= 15 is 0 Å². The fraction of sp³-hybridized carbons (Fsp3) is 0.391. The number of nitrogens with zero attached hydrogens (tertiary/aromatic N) is 1. The molecule has 1 heterocycles. The van der Waals surface area contributed by atoms with Crippen molar-refractivity contribution in [3.63, 3.8) is 0 Å². The molecule has 1 aliphatic heterocycles. The van der Waals surface area contributed by atoms with Crippen molar-refractivity contribution in [2.24, 2.45) is 0 Å². The van der Waals surface area contributed by atoms with Crippen molar-refractivity contribution in [1.82, 2.24) is 0 Å². The van der Waals surface area contributed by atoms with E-state index in [1.165, 1.54) is 5.06 Å². The molecule has 0 unspecified atom stereocenters. The predicted octanol–water partition coefficient (Wildman–Crippen LogP) is 5.11. The minimum absolute atomic E-state index is 0.141. The molecule has 1 aliphatic rings. The fourth-order valence-electron chi connectivity index (χ4n) is 3.48. The Morgan fingerprint density at radius 2 is 1.50 bits per heavy atom. The summed E-state index contributed by atoms with van der Waals surface area (Å²) in [5.74, 6) is 0.141. The molecular weight excluding hydrogens is 322 g/mol. The van der Waals surface area contributed by atoms with E-state index in [2.05, 4.69) is 47.6 Å².